The zero-order valence-corrected chi connectivity index (χ0v) is 18.0. The highest BCUT2D eigenvalue weighted by molar-refractivity contribution is 7.93. The fraction of sp³-hybridized carbons (Fsp3) is 0.474. The molecule has 2 aliphatic carbocycles. The summed E-state index contributed by atoms with van der Waals surface area (Å²) in [7, 11) is -2.17. The summed E-state index contributed by atoms with van der Waals surface area (Å²) in [6, 6.07) is 1.53. The Kier molecular flexibility index (Phi) is 5.24. The first-order valence-corrected chi connectivity index (χ1v) is 11.9. The van der Waals surface area contributed by atoms with Crippen molar-refractivity contribution in [2.45, 2.75) is 55.4 Å². The van der Waals surface area contributed by atoms with E-state index in [1.807, 2.05) is 0 Å². The number of aromatic nitrogens is 1. The van der Waals surface area contributed by atoms with Crippen LogP contribution in [0.15, 0.2) is 20.8 Å². The molecule has 0 fully saturated rings. The van der Waals surface area contributed by atoms with Crippen LogP contribution < -0.4 is 10.5 Å². The summed E-state index contributed by atoms with van der Waals surface area (Å²) in [6.07, 6.45) is 7.24. The molecule has 1 heterocycles. The molecule has 4 rings (SSSR count). The van der Waals surface area contributed by atoms with Gasteiger partial charge in [-0.1, -0.05) is 6.07 Å². The lowest BCUT2D eigenvalue weighted by molar-refractivity contribution is -0.179. The Morgan fingerprint density at radius 2 is 1.93 bits per heavy atom. The number of nitrogens with one attached hydrogen (secondary N) is 1. The molecular weight excluding hydrogens is 412 g/mol. The van der Waals surface area contributed by atoms with Crippen LogP contribution in [0.4, 0.5) is 10.5 Å². The number of ether oxygens (including phenoxy) is 1. The van der Waals surface area contributed by atoms with Gasteiger partial charge in [-0.15, -0.1) is 15.7 Å². The van der Waals surface area contributed by atoms with Gasteiger partial charge in [0.1, 0.15) is 4.21 Å². The number of nitrogens with zero attached hydrogens (tertiary/aromatic N) is 2. The van der Waals surface area contributed by atoms with Crippen LogP contribution in [0.2, 0.25) is 0 Å². The third-order valence-electron chi connectivity index (χ3n) is 5.49. The molecule has 10 heteroatoms. The van der Waals surface area contributed by atoms with Gasteiger partial charge < -0.3 is 15.2 Å². The second-order valence-corrected chi connectivity index (χ2v) is 10.5. The number of hydrogen-bond donors (Lipinski definition) is 3. The van der Waals surface area contributed by atoms with E-state index in [1.54, 1.807) is 0 Å². The SMILES string of the molecule is COC(C)(O)c1ncc(S(N)(=O)=NC(=O)Nc2c3c(cc4c2CCC4)CCC3)s1. The number of benzene rings is 1. The van der Waals surface area contributed by atoms with Gasteiger partial charge in [-0.2, -0.15) is 0 Å². The minimum Gasteiger partial charge on any atom is -0.360 e. The van der Waals surface area contributed by atoms with Gasteiger partial charge in [0.15, 0.2) is 14.9 Å². The van der Waals surface area contributed by atoms with Crippen LogP contribution in [0, 0.1) is 0 Å². The normalized spacial score (nSPS) is 19.2. The van der Waals surface area contributed by atoms with Gasteiger partial charge in [0.25, 0.3) is 0 Å². The number of carbonyl (C=O) groups is 1. The lowest BCUT2D eigenvalue weighted by atomic mass is 9.99. The van der Waals surface area contributed by atoms with E-state index >= 15 is 0 Å². The first-order chi connectivity index (χ1) is 13.7. The van der Waals surface area contributed by atoms with Crippen molar-refractivity contribution >= 4 is 33.0 Å². The van der Waals surface area contributed by atoms with Crippen molar-refractivity contribution in [3.8, 4) is 0 Å². The number of nitrogens with two attached hydrogens (primary N) is 1. The van der Waals surface area contributed by atoms with Crippen LogP contribution >= 0.6 is 11.3 Å². The summed E-state index contributed by atoms with van der Waals surface area (Å²) >= 11 is 0.900. The van der Waals surface area contributed by atoms with E-state index in [1.165, 1.54) is 31.4 Å². The first kappa shape index (κ1) is 20.4. The molecule has 2 amide bonds. The molecule has 2 atom stereocenters. The molecule has 2 unspecified atom stereocenters. The van der Waals surface area contributed by atoms with Crippen molar-refractivity contribution in [2.75, 3.05) is 12.4 Å². The summed E-state index contributed by atoms with van der Waals surface area (Å²) in [4.78, 5) is 16.6. The maximum Gasteiger partial charge on any atom is 0.354 e. The van der Waals surface area contributed by atoms with Crippen LogP contribution in [-0.4, -0.2) is 27.4 Å². The Balaban J connectivity index is 1.63. The predicted molar refractivity (Wildman–Crippen MR) is 111 cm³/mol. The van der Waals surface area contributed by atoms with Crippen molar-refractivity contribution in [3.05, 3.63) is 39.5 Å². The second-order valence-electron chi connectivity index (χ2n) is 7.50. The summed E-state index contributed by atoms with van der Waals surface area (Å²) in [5, 5.41) is 19.0. The Morgan fingerprint density at radius 3 is 2.52 bits per heavy atom. The van der Waals surface area contributed by atoms with Crippen LogP contribution in [0.5, 0.6) is 0 Å². The molecular formula is C19H24N4O4S2. The van der Waals surface area contributed by atoms with Gasteiger partial charge in [-0.25, -0.2) is 19.1 Å². The van der Waals surface area contributed by atoms with E-state index in [4.69, 9.17) is 9.88 Å². The number of methoxy groups -OCH3 is 1. The fourth-order valence-corrected chi connectivity index (χ4v) is 6.05. The van der Waals surface area contributed by atoms with Gasteiger partial charge >= 0.3 is 6.03 Å². The lowest BCUT2D eigenvalue weighted by Crippen LogP contribution is -2.22. The van der Waals surface area contributed by atoms with E-state index < -0.39 is 21.7 Å². The number of amides is 2. The summed E-state index contributed by atoms with van der Waals surface area (Å²) in [6.45, 7) is 1.41. The molecule has 4 N–H and O–H groups in total. The Bertz CT molecular complexity index is 1070. The number of anilines is 1. The predicted octanol–water partition coefficient (Wildman–Crippen LogP) is 2.86. The smallest absolute Gasteiger partial charge is 0.354 e. The Labute approximate surface area is 173 Å². The van der Waals surface area contributed by atoms with Crippen LogP contribution in [0.3, 0.4) is 0 Å². The van der Waals surface area contributed by atoms with E-state index in [9.17, 15) is 14.1 Å². The number of carbonyl (C=O) groups excluding carboxylic acids is 1. The fourth-order valence-electron chi connectivity index (χ4n) is 3.96. The minimum atomic E-state index is -3.50. The average Bonchev–Trinajstić information content (AvgIpc) is 3.40. The van der Waals surface area contributed by atoms with Gasteiger partial charge in [-0.3, -0.25) is 0 Å². The third-order valence-corrected chi connectivity index (χ3v) is 8.56. The van der Waals surface area contributed by atoms with Gasteiger partial charge in [-0.05, 0) is 67.7 Å². The zero-order valence-electron chi connectivity index (χ0n) is 16.4. The van der Waals surface area contributed by atoms with E-state index in [0.29, 0.717) is 0 Å². The molecule has 1 aromatic heterocycles. The molecule has 156 valence electrons. The van der Waals surface area contributed by atoms with Crippen molar-refractivity contribution in [1.82, 2.24) is 4.98 Å². The molecule has 0 saturated heterocycles. The zero-order chi connectivity index (χ0) is 20.8. The number of urea groups is 1. The highest BCUT2D eigenvalue weighted by Gasteiger charge is 2.29. The number of rotatable bonds is 4. The van der Waals surface area contributed by atoms with Gasteiger partial charge in [0.2, 0.25) is 5.79 Å². The van der Waals surface area contributed by atoms with Gasteiger partial charge in [0, 0.05) is 12.8 Å². The van der Waals surface area contributed by atoms with E-state index in [2.05, 4.69) is 20.7 Å². The topological polar surface area (TPSA) is 127 Å². The maximum atomic E-state index is 12.9. The summed E-state index contributed by atoms with van der Waals surface area (Å²) in [5.41, 5.74) is 5.71. The number of thiazole rings is 1. The first-order valence-electron chi connectivity index (χ1n) is 9.47. The molecule has 0 bridgehead atoms. The van der Waals surface area contributed by atoms with Crippen molar-refractivity contribution < 1.29 is 18.8 Å². The van der Waals surface area contributed by atoms with Crippen molar-refractivity contribution in [1.29, 1.82) is 0 Å². The van der Waals surface area contributed by atoms with Crippen LogP contribution in [-0.2, 0) is 46.1 Å². The highest BCUT2D eigenvalue weighted by Crippen LogP contribution is 2.38. The monoisotopic (exact) mass is 436 g/mol. The minimum absolute atomic E-state index is 0.100. The number of aliphatic hydroxyl groups is 1. The molecule has 0 saturated carbocycles. The molecule has 0 radical (unpaired) electrons. The lowest BCUT2D eigenvalue weighted by Gasteiger charge is -2.17. The molecule has 0 spiro atoms. The molecule has 2 aliphatic rings. The van der Waals surface area contributed by atoms with E-state index in [0.717, 1.165) is 66.7 Å². The molecule has 2 aromatic rings. The van der Waals surface area contributed by atoms with Gasteiger partial charge in [0.05, 0.1) is 6.20 Å². The number of fused-ring (bicyclic) bond motifs is 2. The van der Waals surface area contributed by atoms with E-state index in [-0.39, 0.29) is 9.22 Å². The highest BCUT2D eigenvalue weighted by atomic mass is 32.2. The third kappa shape index (κ3) is 3.82. The molecule has 29 heavy (non-hydrogen) atoms. The summed E-state index contributed by atoms with van der Waals surface area (Å²) < 4.78 is 21.7. The van der Waals surface area contributed by atoms with Crippen LogP contribution in [0.1, 0.15) is 47.0 Å². The second kappa shape index (κ2) is 7.44. The van der Waals surface area contributed by atoms with Crippen molar-refractivity contribution in [3.63, 3.8) is 0 Å². The Hall–Kier alpha value is -1.85. The molecule has 1 aromatic carbocycles. The van der Waals surface area contributed by atoms with Crippen LogP contribution in [0.25, 0.3) is 0 Å². The Morgan fingerprint density at radius 1 is 1.31 bits per heavy atom. The summed E-state index contributed by atoms with van der Waals surface area (Å²) in [5.74, 6) is -1.63. The van der Waals surface area contributed by atoms with Crippen molar-refractivity contribution in [2.24, 2.45) is 9.50 Å². The average molecular weight is 437 g/mol. The molecule has 8 nitrogen and oxygen atoms in total. The number of aryl methyl sites for hydroxylation is 2. The molecule has 0 aliphatic heterocycles. The quantitative estimate of drug-likeness (QED) is 0.635. The largest absolute Gasteiger partial charge is 0.360 e. The number of hydrogen-bond acceptors (Lipinski definition) is 6. The standard InChI is InChI=1S/C19H24N4O4S2/c1-19(25,27-2)17-21-10-15(28-17)29(20,26)23-18(24)22-16-13-7-3-5-11(13)9-12-6-4-8-14(12)16/h9-10,25H,3-8H2,1-2H3,(H3,20,22,23,24,26). The maximum absolute atomic E-state index is 12.9.